The molecule has 74 valence electrons. The number of allylic oxidation sites excluding steroid dienone is 4. The molecular weight excluding hydrogens is 160 g/mol. The predicted octanol–water partition coefficient (Wildman–Crippen LogP) is 3.23. The summed E-state index contributed by atoms with van der Waals surface area (Å²) in [5.74, 6) is 0. The van der Waals surface area contributed by atoms with Crippen molar-refractivity contribution in [2.45, 2.75) is 38.7 Å². The summed E-state index contributed by atoms with van der Waals surface area (Å²) in [6, 6.07) is 0. The summed E-state index contributed by atoms with van der Waals surface area (Å²) in [5.41, 5.74) is 0. The van der Waals surface area contributed by atoms with Crippen molar-refractivity contribution in [2.75, 3.05) is 0 Å². The summed E-state index contributed by atoms with van der Waals surface area (Å²) >= 11 is 0. The van der Waals surface area contributed by atoms with E-state index in [4.69, 9.17) is 5.11 Å². The average Bonchev–Trinajstić information content (AvgIpc) is 2.16. The minimum atomic E-state index is -0.347. The third-order valence-corrected chi connectivity index (χ3v) is 1.80. The van der Waals surface area contributed by atoms with Gasteiger partial charge in [-0.15, -0.1) is 6.58 Å². The zero-order valence-electron chi connectivity index (χ0n) is 8.45. The van der Waals surface area contributed by atoms with Crippen LogP contribution in [0.1, 0.15) is 32.6 Å². The Morgan fingerprint density at radius 3 is 2.38 bits per heavy atom. The standard InChI is InChI=1S/C12H20O/c1-3-5-6-7-8-9-10-11-12(13)4-2/h3-5,8-9,12-13H,2,6-7,10-11H2,1H3. The molecule has 1 nitrogen and oxygen atoms in total. The van der Waals surface area contributed by atoms with E-state index in [1.54, 1.807) is 6.08 Å². The molecule has 0 aromatic rings. The Morgan fingerprint density at radius 2 is 1.77 bits per heavy atom. The molecule has 0 aliphatic carbocycles. The van der Waals surface area contributed by atoms with Gasteiger partial charge in [0.25, 0.3) is 0 Å². The molecule has 0 saturated carbocycles. The van der Waals surface area contributed by atoms with Crippen LogP contribution in [-0.2, 0) is 0 Å². The molecule has 0 fully saturated rings. The molecule has 0 rings (SSSR count). The summed E-state index contributed by atoms with van der Waals surface area (Å²) in [7, 11) is 0. The van der Waals surface area contributed by atoms with E-state index < -0.39 is 0 Å². The maximum Gasteiger partial charge on any atom is 0.0721 e. The molecular formula is C12H20O. The molecule has 1 unspecified atom stereocenters. The van der Waals surface area contributed by atoms with E-state index in [0.29, 0.717) is 0 Å². The molecule has 0 aliphatic heterocycles. The lowest BCUT2D eigenvalue weighted by Crippen LogP contribution is -1.99. The highest BCUT2D eigenvalue weighted by Crippen LogP contribution is 2.00. The van der Waals surface area contributed by atoms with E-state index in [-0.39, 0.29) is 6.10 Å². The van der Waals surface area contributed by atoms with Crippen LogP contribution in [0.4, 0.5) is 0 Å². The fraction of sp³-hybridized carbons (Fsp3) is 0.500. The molecule has 1 heteroatoms. The highest BCUT2D eigenvalue weighted by atomic mass is 16.3. The monoisotopic (exact) mass is 180 g/mol. The van der Waals surface area contributed by atoms with Crippen LogP contribution in [0.5, 0.6) is 0 Å². The van der Waals surface area contributed by atoms with Gasteiger partial charge in [-0.1, -0.05) is 30.4 Å². The molecule has 0 amide bonds. The van der Waals surface area contributed by atoms with Crippen molar-refractivity contribution in [2.24, 2.45) is 0 Å². The van der Waals surface area contributed by atoms with Crippen molar-refractivity contribution in [1.82, 2.24) is 0 Å². The molecule has 0 aromatic carbocycles. The Balaban J connectivity index is 3.26. The minimum Gasteiger partial charge on any atom is -0.389 e. The zero-order chi connectivity index (χ0) is 9.94. The average molecular weight is 180 g/mol. The third-order valence-electron chi connectivity index (χ3n) is 1.80. The highest BCUT2D eigenvalue weighted by molar-refractivity contribution is 4.88. The first-order valence-corrected chi connectivity index (χ1v) is 4.88. The second kappa shape index (κ2) is 9.27. The summed E-state index contributed by atoms with van der Waals surface area (Å²) in [5, 5.41) is 9.14. The van der Waals surface area contributed by atoms with Gasteiger partial charge < -0.3 is 5.11 Å². The Bertz CT molecular complexity index is 168. The molecule has 1 atom stereocenters. The Labute approximate surface area is 81.5 Å². The van der Waals surface area contributed by atoms with Gasteiger partial charge in [0.1, 0.15) is 0 Å². The molecule has 0 spiro atoms. The van der Waals surface area contributed by atoms with Crippen LogP contribution >= 0.6 is 0 Å². The van der Waals surface area contributed by atoms with Gasteiger partial charge in [0, 0.05) is 0 Å². The first-order chi connectivity index (χ1) is 6.31. The van der Waals surface area contributed by atoms with Gasteiger partial charge in [0.2, 0.25) is 0 Å². The molecule has 0 radical (unpaired) electrons. The van der Waals surface area contributed by atoms with Crippen molar-refractivity contribution >= 4 is 0 Å². The van der Waals surface area contributed by atoms with Gasteiger partial charge in [-0.3, -0.25) is 0 Å². The topological polar surface area (TPSA) is 20.2 Å². The van der Waals surface area contributed by atoms with E-state index in [1.165, 1.54) is 0 Å². The van der Waals surface area contributed by atoms with E-state index in [0.717, 1.165) is 25.7 Å². The van der Waals surface area contributed by atoms with Crippen LogP contribution in [0, 0.1) is 0 Å². The molecule has 0 saturated heterocycles. The van der Waals surface area contributed by atoms with E-state index in [1.807, 2.05) is 6.92 Å². The Kier molecular flexibility index (Phi) is 8.68. The first kappa shape index (κ1) is 12.2. The van der Waals surface area contributed by atoms with Crippen LogP contribution in [-0.4, -0.2) is 11.2 Å². The summed E-state index contributed by atoms with van der Waals surface area (Å²) in [4.78, 5) is 0. The summed E-state index contributed by atoms with van der Waals surface area (Å²) < 4.78 is 0. The minimum absolute atomic E-state index is 0.347. The SMILES string of the molecule is C=CC(O)CCC=CCCC=CC. The number of unbranched alkanes of at least 4 members (excludes halogenated alkanes) is 1. The molecule has 0 aromatic heterocycles. The number of aliphatic hydroxyl groups is 1. The second-order valence-electron chi connectivity index (χ2n) is 3.00. The quantitative estimate of drug-likeness (QED) is 0.471. The summed E-state index contributed by atoms with van der Waals surface area (Å²) in [6.07, 6.45) is 13.6. The van der Waals surface area contributed by atoms with Gasteiger partial charge >= 0.3 is 0 Å². The van der Waals surface area contributed by atoms with Crippen molar-refractivity contribution in [1.29, 1.82) is 0 Å². The van der Waals surface area contributed by atoms with Crippen molar-refractivity contribution in [3.63, 3.8) is 0 Å². The number of rotatable bonds is 7. The normalized spacial score (nSPS) is 14.0. The van der Waals surface area contributed by atoms with Crippen LogP contribution < -0.4 is 0 Å². The van der Waals surface area contributed by atoms with Crippen LogP contribution in [0.2, 0.25) is 0 Å². The van der Waals surface area contributed by atoms with E-state index in [9.17, 15) is 0 Å². The molecule has 0 bridgehead atoms. The first-order valence-electron chi connectivity index (χ1n) is 4.88. The third kappa shape index (κ3) is 9.09. The van der Waals surface area contributed by atoms with E-state index >= 15 is 0 Å². The maximum atomic E-state index is 9.14. The van der Waals surface area contributed by atoms with Crippen LogP contribution in [0.15, 0.2) is 37.0 Å². The van der Waals surface area contributed by atoms with Gasteiger partial charge in [-0.2, -0.15) is 0 Å². The Hall–Kier alpha value is -0.820. The number of hydrogen-bond acceptors (Lipinski definition) is 1. The molecule has 13 heavy (non-hydrogen) atoms. The zero-order valence-corrected chi connectivity index (χ0v) is 8.45. The van der Waals surface area contributed by atoms with Crippen LogP contribution in [0.25, 0.3) is 0 Å². The summed E-state index contributed by atoms with van der Waals surface area (Å²) in [6.45, 7) is 5.55. The predicted molar refractivity (Wildman–Crippen MR) is 58.6 cm³/mol. The lowest BCUT2D eigenvalue weighted by atomic mass is 10.2. The van der Waals surface area contributed by atoms with Crippen molar-refractivity contribution < 1.29 is 5.11 Å². The van der Waals surface area contributed by atoms with Gasteiger partial charge in [0.05, 0.1) is 6.10 Å². The fourth-order valence-electron chi connectivity index (χ4n) is 0.980. The molecule has 0 aliphatic rings. The smallest absolute Gasteiger partial charge is 0.0721 e. The van der Waals surface area contributed by atoms with E-state index in [2.05, 4.69) is 30.9 Å². The van der Waals surface area contributed by atoms with Crippen molar-refractivity contribution in [3.05, 3.63) is 37.0 Å². The molecule has 1 N–H and O–H groups in total. The number of hydrogen-bond donors (Lipinski definition) is 1. The molecule has 0 heterocycles. The lowest BCUT2D eigenvalue weighted by Gasteiger charge is -1.99. The Morgan fingerprint density at radius 1 is 1.15 bits per heavy atom. The van der Waals surface area contributed by atoms with Gasteiger partial charge in [-0.25, -0.2) is 0 Å². The maximum absolute atomic E-state index is 9.14. The largest absolute Gasteiger partial charge is 0.389 e. The van der Waals surface area contributed by atoms with Crippen LogP contribution in [0.3, 0.4) is 0 Å². The fourth-order valence-corrected chi connectivity index (χ4v) is 0.980. The lowest BCUT2D eigenvalue weighted by molar-refractivity contribution is 0.214. The second-order valence-corrected chi connectivity index (χ2v) is 3.00. The van der Waals surface area contributed by atoms with Gasteiger partial charge in [0.15, 0.2) is 0 Å². The highest BCUT2D eigenvalue weighted by Gasteiger charge is 1.93. The van der Waals surface area contributed by atoms with Crippen molar-refractivity contribution in [3.8, 4) is 0 Å². The number of aliphatic hydroxyl groups excluding tert-OH is 1. The van der Waals surface area contributed by atoms with Gasteiger partial charge in [-0.05, 0) is 32.6 Å².